The van der Waals surface area contributed by atoms with Crippen molar-refractivity contribution in [1.82, 2.24) is 29.8 Å². The molecule has 0 radical (unpaired) electrons. The van der Waals surface area contributed by atoms with Crippen molar-refractivity contribution in [2.75, 3.05) is 60.9 Å². The number of nitrogens with zero attached hydrogens (tertiary/aromatic N) is 6. The van der Waals surface area contributed by atoms with Crippen molar-refractivity contribution < 1.29 is 40.7 Å². The molecule has 2 unspecified atom stereocenters. The number of aromatic nitrogens is 2. The van der Waals surface area contributed by atoms with Gasteiger partial charge < -0.3 is 25.1 Å². The number of hydrogen-bond acceptors (Lipinski definition) is 12. The summed E-state index contributed by atoms with van der Waals surface area (Å²) in [6, 6.07) is 9.89. The van der Waals surface area contributed by atoms with E-state index in [1.54, 1.807) is 26.0 Å². The van der Waals surface area contributed by atoms with Crippen molar-refractivity contribution in [2.24, 2.45) is 5.92 Å². The van der Waals surface area contributed by atoms with Crippen LogP contribution >= 0.6 is 0 Å². The maximum atomic E-state index is 15.6. The second-order valence-electron chi connectivity index (χ2n) is 19.0. The molecule has 19 heteroatoms. The topological polar surface area (TPSA) is 163 Å². The van der Waals surface area contributed by atoms with Gasteiger partial charge in [-0.2, -0.15) is 18.2 Å². The summed E-state index contributed by atoms with van der Waals surface area (Å²) in [4.78, 5) is 40.7. The van der Waals surface area contributed by atoms with Gasteiger partial charge in [-0.3, -0.25) is 19.8 Å². The number of piperidine rings is 3. The molecule has 64 heavy (non-hydrogen) atoms. The van der Waals surface area contributed by atoms with Gasteiger partial charge in [0.25, 0.3) is 0 Å². The Morgan fingerprint density at radius 1 is 0.984 bits per heavy atom. The Morgan fingerprint density at radius 3 is 2.34 bits per heavy atom. The van der Waals surface area contributed by atoms with Crippen LogP contribution in [0.1, 0.15) is 94.7 Å². The van der Waals surface area contributed by atoms with Crippen molar-refractivity contribution in [3.8, 4) is 0 Å². The number of benzene rings is 2. The molecule has 14 nitrogen and oxygen atoms in total. The average Bonchev–Trinajstić information content (AvgIpc) is 3.20. The smallest absolute Gasteiger partial charge is 0.388 e. The highest BCUT2D eigenvalue weighted by atomic mass is 32.2. The molecular weight excluding hydrogens is 855 g/mol. The SMILES string of the molecule is Cc1cc(S(=O)(=O)NC2CC(N3CCN(CC4C[C@@H](C)N(c5ccc(C6CCC(=O)NC6=O)cc5F)[C@@H](C)C4)CC3)C2)ccc1Nc1ncc(C(F)(F)F)c(N2CCC[C@](C)(O)C2)n1. The highest BCUT2D eigenvalue weighted by Crippen LogP contribution is 2.39. The van der Waals surface area contributed by atoms with Gasteiger partial charge in [0.15, 0.2) is 0 Å². The molecule has 8 rings (SSSR count). The van der Waals surface area contributed by atoms with E-state index in [4.69, 9.17) is 0 Å². The summed E-state index contributed by atoms with van der Waals surface area (Å²) in [6.07, 6.45) is 0.896. The molecule has 4 N–H and O–H groups in total. The molecule has 3 aromatic rings. The third kappa shape index (κ3) is 10.2. The van der Waals surface area contributed by atoms with Crippen LogP contribution in [0.2, 0.25) is 0 Å². The lowest BCUT2D eigenvalue weighted by molar-refractivity contribution is -0.138. The summed E-state index contributed by atoms with van der Waals surface area (Å²) in [7, 11) is -3.85. The summed E-state index contributed by atoms with van der Waals surface area (Å²) >= 11 is 0. The number of rotatable bonds is 11. The first kappa shape index (κ1) is 46.1. The molecule has 5 fully saturated rings. The number of carbonyl (C=O) groups is 2. The lowest BCUT2D eigenvalue weighted by Crippen LogP contribution is -2.59. The third-order valence-electron chi connectivity index (χ3n) is 13.9. The van der Waals surface area contributed by atoms with Crippen molar-refractivity contribution >= 4 is 45.0 Å². The molecule has 0 bridgehead atoms. The zero-order valence-corrected chi connectivity index (χ0v) is 37.6. The molecule has 4 saturated heterocycles. The second-order valence-corrected chi connectivity index (χ2v) is 20.7. The Labute approximate surface area is 372 Å². The summed E-state index contributed by atoms with van der Waals surface area (Å²) < 4.78 is 87.3. The minimum atomic E-state index is -4.70. The summed E-state index contributed by atoms with van der Waals surface area (Å²) in [5.41, 5.74) is -0.0385. The van der Waals surface area contributed by atoms with E-state index in [-0.39, 0.29) is 71.4 Å². The number of aliphatic hydroxyl groups is 1. The number of alkyl halides is 3. The van der Waals surface area contributed by atoms with E-state index in [2.05, 4.69) is 53.9 Å². The number of piperazine rings is 1. The molecule has 5 heterocycles. The number of β-amino-alcohol motifs (C(OH)–C–C–N with tert-alkyl or cyclic N) is 1. The summed E-state index contributed by atoms with van der Waals surface area (Å²) in [6.45, 7) is 12.5. The Bertz CT molecular complexity index is 2330. The van der Waals surface area contributed by atoms with Gasteiger partial charge in [-0.25, -0.2) is 22.5 Å². The highest BCUT2D eigenvalue weighted by molar-refractivity contribution is 7.89. The van der Waals surface area contributed by atoms with Gasteiger partial charge in [-0.05, 0) is 120 Å². The normalized spacial score (nSPS) is 28.8. The van der Waals surface area contributed by atoms with Gasteiger partial charge in [-0.1, -0.05) is 6.07 Å². The van der Waals surface area contributed by atoms with Crippen LogP contribution in [0.4, 0.5) is 40.7 Å². The van der Waals surface area contributed by atoms with Crippen molar-refractivity contribution in [1.29, 1.82) is 0 Å². The van der Waals surface area contributed by atoms with E-state index in [0.29, 0.717) is 67.1 Å². The molecular formula is C45H59F4N9O5S. The van der Waals surface area contributed by atoms with E-state index in [1.165, 1.54) is 23.1 Å². The van der Waals surface area contributed by atoms with E-state index >= 15 is 4.39 Å². The second kappa shape index (κ2) is 18.1. The van der Waals surface area contributed by atoms with Gasteiger partial charge in [-0.15, -0.1) is 0 Å². The number of aryl methyl sites for hydroxylation is 1. The number of halogens is 4. The Balaban J connectivity index is 0.794. The summed E-state index contributed by atoms with van der Waals surface area (Å²) in [5.74, 6) is -1.49. The van der Waals surface area contributed by atoms with E-state index in [0.717, 1.165) is 51.8 Å². The van der Waals surface area contributed by atoms with Crippen LogP contribution in [-0.4, -0.2) is 121 Å². The number of amides is 2. The zero-order valence-electron chi connectivity index (χ0n) is 36.8. The molecule has 348 valence electrons. The van der Waals surface area contributed by atoms with Crippen molar-refractivity contribution in [3.05, 3.63) is 65.1 Å². The monoisotopic (exact) mass is 913 g/mol. The van der Waals surface area contributed by atoms with Crippen LogP contribution in [0, 0.1) is 18.7 Å². The molecule has 2 amide bonds. The molecule has 5 atom stereocenters. The first-order chi connectivity index (χ1) is 30.2. The Hall–Kier alpha value is -4.43. The van der Waals surface area contributed by atoms with Crippen molar-refractivity contribution in [2.45, 2.75) is 126 Å². The van der Waals surface area contributed by atoms with Gasteiger partial charge in [0.1, 0.15) is 17.2 Å². The lowest BCUT2D eigenvalue weighted by atomic mass is 9.85. The number of sulfonamides is 1. The van der Waals surface area contributed by atoms with E-state index in [9.17, 15) is 36.3 Å². The maximum absolute atomic E-state index is 15.6. The number of hydrogen-bond donors (Lipinski definition) is 4. The molecule has 5 aliphatic rings. The van der Waals surface area contributed by atoms with E-state index < -0.39 is 33.3 Å². The number of nitrogens with one attached hydrogen (secondary N) is 3. The first-order valence-electron chi connectivity index (χ1n) is 22.4. The van der Waals surface area contributed by atoms with Gasteiger partial charge in [0, 0.05) is 88.3 Å². The molecule has 1 aromatic heterocycles. The quantitative estimate of drug-likeness (QED) is 0.138. The largest absolute Gasteiger partial charge is 0.421 e. The van der Waals surface area contributed by atoms with Crippen LogP contribution in [0.15, 0.2) is 47.5 Å². The standard InChI is InChI=1S/C45H59F4N9O5S/c1-27-18-34(7-9-38(27)51-43-50-24-36(45(47,48)49)41(53-43)57-13-5-12-44(4,61)26-57)64(62,63)54-32-22-33(23-32)56-16-14-55(15-17-56)25-30-19-28(2)58(29(3)20-30)39-10-6-31(21-37(39)46)35-8-11-40(59)52-42(35)60/h6-7,9-10,18,21,24,28-30,32-33,35,54,61H,5,8,11-17,19-20,22-23,25-26H2,1-4H3,(H,50,51,53)(H,52,59,60)/t28-,29+,30?,32?,33?,35?,44-/m0/s1. The molecule has 1 saturated carbocycles. The van der Waals surface area contributed by atoms with Crippen LogP contribution in [0.25, 0.3) is 0 Å². The Morgan fingerprint density at radius 2 is 1.70 bits per heavy atom. The molecule has 0 spiro atoms. The first-order valence-corrected chi connectivity index (χ1v) is 23.9. The van der Waals surface area contributed by atoms with Crippen LogP contribution in [-0.2, 0) is 25.8 Å². The Kier molecular flexibility index (Phi) is 13.0. The highest BCUT2D eigenvalue weighted by Gasteiger charge is 2.41. The predicted molar refractivity (Wildman–Crippen MR) is 234 cm³/mol. The van der Waals surface area contributed by atoms with Gasteiger partial charge in [0.2, 0.25) is 27.8 Å². The fraction of sp³-hybridized carbons (Fsp3) is 0.600. The zero-order chi connectivity index (χ0) is 45.7. The molecule has 2 aromatic carbocycles. The predicted octanol–water partition coefficient (Wildman–Crippen LogP) is 5.68. The van der Waals surface area contributed by atoms with Crippen molar-refractivity contribution in [3.63, 3.8) is 0 Å². The maximum Gasteiger partial charge on any atom is 0.421 e. The van der Waals surface area contributed by atoms with Gasteiger partial charge >= 0.3 is 6.18 Å². The number of anilines is 4. The molecule has 4 aliphatic heterocycles. The number of carbonyl (C=O) groups excluding carboxylic acids is 2. The van der Waals surface area contributed by atoms with Crippen LogP contribution in [0.5, 0.6) is 0 Å². The number of imide groups is 1. The molecule has 1 aliphatic carbocycles. The van der Waals surface area contributed by atoms with Crippen LogP contribution < -0.4 is 25.2 Å². The summed E-state index contributed by atoms with van der Waals surface area (Å²) in [5, 5.41) is 15.9. The van der Waals surface area contributed by atoms with Crippen LogP contribution in [0.3, 0.4) is 0 Å². The third-order valence-corrected chi connectivity index (χ3v) is 15.4. The minimum absolute atomic E-state index is 0.00796. The van der Waals surface area contributed by atoms with E-state index in [1.807, 2.05) is 6.07 Å². The minimum Gasteiger partial charge on any atom is -0.388 e. The average molecular weight is 914 g/mol. The fourth-order valence-electron chi connectivity index (χ4n) is 10.6. The van der Waals surface area contributed by atoms with Gasteiger partial charge in [0.05, 0.1) is 22.1 Å². The lowest BCUT2D eigenvalue weighted by Gasteiger charge is -2.48. The fourth-order valence-corrected chi connectivity index (χ4v) is 11.9.